The first-order chi connectivity index (χ1) is 11.1. The zero-order valence-electron chi connectivity index (χ0n) is 13.5. The van der Waals surface area contributed by atoms with E-state index in [2.05, 4.69) is 12.1 Å². The summed E-state index contributed by atoms with van der Waals surface area (Å²) in [6.45, 7) is 1.85. The minimum Gasteiger partial charge on any atom is -0.494 e. The first-order valence-electron chi connectivity index (χ1n) is 7.38. The number of nitriles is 2. The van der Waals surface area contributed by atoms with Gasteiger partial charge < -0.3 is 9.64 Å². The molecule has 1 heterocycles. The van der Waals surface area contributed by atoms with Crippen LogP contribution in [-0.4, -0.2) is 20.2 Å². The van der Waals surface area contributed by atoms with Crippen molar-refractivity contribution >= 4 is 11.8 Å². The summed E-state index contributed by atoms with van der Waals surface area (Å²) in [7, 11) is 4.00. The molecule has 0 fully saturated rings. The van der Waals surface area contributed by atoms with E-state index in [-0.39, 0.29) is 17.6 Å². The van der Waals surface area contributed by atoms with Gasteiger partial charge in [-0.2, -0.15) is 10.5 Å². The van der Waals surface area contributed by atoms with E-state index in [1.54, 1.807) is 6.26 Å². The van der Waals surface area contributed by atoms with Gasteiger partial charge in [-0.1, -0.05) is 24.3 Å². The predicted molar refractivity (Wildman–Crippen MR) is 91.2 cm³/mol. The number of benzene rings is 1. The van der Waals surface area contributed by atoms with Crippen LogP contribution in [-0.2, 0) is 4.74 Å². The fraction of sp³-hybridized carbons (Fsp3) is 0.263. The Bertz CT molecular complexity index is 711. The van der Waals surface area contributed by atoms with Gasteiger partial charge in [0.05, 0.1) is 6.26 Å². The van der Waals surface area contributed by atoms with Crippen molar-refractivity contribution in [3.05, 3.63) is 59.4 Å². The van der Waals surface area contributed by atoms with Gasteiger partial charge in [0.2, 0.25) is 0 Å². The van der Waals surface area contributed by atoms with Crippen LogP contribution in [0.15, 0.2) is 53.8 Å². The first-order valence-corrected chi connectivity index (χ1v) is 7.38. The SMILES string of the molecule is CC1OC=CC(C=Cc2ccc(N(C)C)cc2)C1=C(C#N)C#N. The van der Waals surface area contributed by atoms with Gasteiger partial charge in [0, 0.05) is 31.3 Å². The van der Waals surface area contributed by atoms with Gasteiger partial charge in [0.15, 0.2) is 0 Å². The van der Waals surface area contributed by atoms with Gasteiger partial charge in [-0.3, -0.25) is 0 Å². The van der Waals surface area contributed by atoms with E-state index in [4.69, 9.17) is 15.3 Å². The molecule has 0 bridgehead atoms. The molecular formula is C19H19N3O. The van der Waals surface area contributed by atoms with Crippen LogP contribution in [0, 0.1) is 28.6 Å². The lowest BCUT2D eigenvalue weighted by Gasteiger charge is -2.24. The Labute approximate surface area is 137 Å². The topological polar surface area (TPSA) is 60.0 Å². The van der Waals surface area contributed by atoms with E-state index in [0.717, 1.165) is 11.3 Å². The van der Waals surface area contributed by atoms with Crippen LogP contribution in [0.5, 0.6) is 0 Å². The van der Waals surface area contributed by atoms with E-state index in [1.165, 1.54) is 0 Å². The van der Waals surface area contributed by atoms with Gasteiger partial charge in [-0.15, -0.1) is 0 Å². The Morgan fingerprint density at radius 2 is 1.83 bits per heavy atom. The van der Waals surface area contributed by atoms with Crippen molar-refractivity contribution in [1.82, 2.24) is 0 Å². The number of rotatable bonds is 3. The summed E-state index contributed by atoms with van der Waals surface area (Å²) in [6.07, 6.45) is 7.20. The van der Waals surface area contributed by atoms with Crippen LogP contribution in [0.4, 0.5) is 5.69 Å². The normalized spacial score (nSPS) is 19.8. The van der Waals surface area contributed by atoms with Crippen LogP contribution in [0.3, 0.4) is 0 Å². The molecule has 1 aromatic rings. The number of ether oxygens (including phenoxy) is 1. The second kappa shape index (κ2) is 7.33. The largest absolute Gasteiger partial charge is 0.494 e. The average Bonchev–Trinajstić information content (AvgIpc) is 2.56. The average molecular weight is 305 g/mol. The van der Waals surface area contributed by atoms with E-state index in [0.29, 0.717) is 5.57 Å². The molecule has 1 aliphatic heterocycles. The zero-order valence-corrected chi connectivity index (χ0v) is 13.5. The summed E-state index contributed by atoms with van der Waals surface area (Å²) in [5, 5.41) is 18.3. The molecule has 0 aliphatic carbocycles. The van der Waals surface area contributed by atoms with Crippen LogP contribution in [0.25, 0.3) is 6.08 Å². The molecular weight excluding hydrogens is 286 g/mol. The Hall–Kier alpha value is -2.98. The van der Waals surface area contributed by atoms with Crippen LogP contribution in [0.2, 0.25) is 0 Å². The zero-order chi connectivity index (χ0) is 16.8. The number of hydrogen-bond donors (Lipinski definition) is 0. The fourth-order valence-corrected chi connectivity index (χ4v) is 2.49. The highest BCUT2D eigenvalue weighted by molar-refractivity contribution is 5.57. The van der Waals surface area contributed by atoms with Gasteiger partial charge in [0.1, 0.15) is 23.8 Å². The monoisotopic (exact) mass is 305 g/mol. The third-order valence-corrected chi connectivity index (χ3v) is 3.78. The highest BCUT2D eigenvalue weighted by Gasteiger charge is 2.24. The second-order valence-corrected chi connectivity index (χ2v) is 5.53. The molecule has 0 amide bonds. The summed E-state index contributed by atoms with van der Waals surface area (Å²) >= 11 is 0. The van der Waals surface area contributed by atoms with Crippen LogP contribution < -0.4 is 4.90 Å². The number of anilines is 1. The minimum atomic E-state index is -0.278. The second-order valence-electron chi connectivity index (χ2n) is 5.53. The molecule has 2 atom stereocenters. The smallest absolute Gasteiger partial charge is 0.133 e. The molecule has 23 heavy (non-hydrogen) atoms. The summed E-state index contributed by atoms with van der Waals surface area (Å²) in [5.74, 6) is -0.110. The number of nitrogens with zero attached hydrogens (tertiary/aromatic N) is 3. The van der Waals surface area contributed by atoms with Gasteiger partial charge >= 0.3 is 0 Å². The molecule has 0 saturated carbocycles. The lowest BCUT2D eigenvalue weighted by Crippen LogP contribution is -2.20. The predicted octanol–water partition coefficient (Wildman–Crippen LogP) is 3.66. The molecule has 0 saturated heterocycles. The van der Waals surface area contributed by atoms with Crippen molar-refractivity contribution in [2.24, 2.45) is 5.92 Å². The van der Waals surface area contributed by atoms with E-state index in [1.807, 2.05) is 68.4 Å². The van der Waals surface area contributed by atoms with Gasteiger partial charge in [-0.25, -0.2) is 0 Å². The maximum atomic E-state index is 9.14. The Morgan fingerprint density at radius 3 is 2.39 bits per heavy atom. The molecule has 0 spiro atoms. The highest BCUT2D eigenvalue weighted by Crippen LogP contribution is 2.28. The number of allylic oxidation sites excluding steroid dienone is 3. The van der Waals surface area contributed by atoms with Crippen molar-refractivity contribution in [2.45, 2.75) is 13.0 Å². The fourth-order valence-electron chi connectivity index (χ4n) is 2.49. The third-order valence-electron chi connectivity index (χ3n) is 3.78. The molecule has 1 aromatic carbocycles. The van der Waals surface area contributed by atoms with Gasteiger partial charge in [0.25, 0.3) is 0 Å². The minimum absolute atomic E-state index is 0.110. The molecule has 2 unspecified atom stereocenters. The lowest BCUT2D eigenvalue weighted by atomic mass is 9.88. The van der Waals surface area contributed by atoms with Crippen molar-refractivity contribution in [3.8, 4) is 12.1 Å². The summed E-state index contributed by atoms with van der Waals surface area (Å²) in [6, 6.07) is 12.1. The molecule has 4 nitrogen and oxygen atoms in total. The van der Waals surface area contributed by atoms with E-state index >= 15 is 0 Å². The Balaban J connectivity index is 2.28. The van der Waals surface area contributed by atoms with Crippen LogP contribution >= 0.6 is 0 Å². The van der Waals surface area contributed by atoms with Gasteiger partial charge in [-0.05, 0) is 30.7 Å². The molecule has 116 valence electrons. The Kier molecular flexibility index (Phi) is 5.23. The molecule has 0 radical (unpaired) electrons. The van der Waals surface area contributed by atoms with Crippen molar-refractivity contribution < 1.29 is 4.74 Å². The van der Waals surface area contributed by atoms with Crippen LogP contribution in [0.1, 0.15) is 12.5 Å². The quantitative estimate of drug-likeness (QED) is 0.800. The lowest BCUT2D eigenvalue weighted by molar-refractivity contribution is 0.174. The van der Waals surface area contributed by atoms with E-state index < -0.39 is 0 Å². The maximum absolute atomic E-state index is 9.14. The maximum Gasteiger partial charge on any atom is 0.133 e. The highest BCUT2D eigenvalue weighted by atomic mass is 16.5. The Morgan fingerprint density at radius 1 is 1.17 bits per heavy atom. The number of hydrogen-bond acceptors (Lipinski definition) is 4. The molecule has 0 N–H and O–H groups in total. The van der Waals surface area contributed by atoms with E-state index in [9.17, 15) is 0 Å². The summed E-state index contributed by atoms with van der Waals surface area (Å²) < 4.78 is 5.42. The summed E-state index contributed by atoms with van der Waals surface area (Å²) in [4.78, 5) is 2.04. The molecule has 1 aliphatic rings. The van der Waals surface area contributed by atoms with Crippen molar-refractivity contribution in [1.29, 1.82) is 10.5 Å². The summed E-state index contributed by atoms with van der Waals surface area (Å²) in [5.41, 5.74) is 3.04. The third kappa shape index (κ3) is 3.81. The standard InChI is InChI=1S/C19H19N3O/c1-14-19(17(12-20)13-21)16(10-11-23-14)7-4-15-5-8-18(9-6-15)22(2)3/h4-11,14,16H,1-3H3. The first kappa shape index (κ1) is 16.4. The molecule has 2 rings (SSSR count). The molecule has 0 aromatic heterocycles. The van der Waals surface area contributed by atoms with Crippen molar-refractivity contribution in [2.75, 3.05) is 19.0 Å². The molecule has 4 heteroatoms. The van der Waals surface area contributed by atoms with Crippen molar-refractivity contribution in [3.63, 3.8) is 0 Å².